The highest BCUT2D eigenvalue weighted by atomic mass is 35.5. The topological polar surface area (TPSA) is 66.8 Å². The van der Waals surface area contributed by atoms with Crippen LogP contribution >= 0.6 is 22.9 Å². The van der Waals surface area contributed by atoms with E-state index in [9.17, 15) is 19.1 Å². The molecule has 0 saturated carbocycles. The molecule has 1 aromatic heterocycles. The van der Waals surface area contributed by atoms with Crippen LogP contribution in [0.4, 0.5) is 4.39 Å². The van der Waals surface area contributed by atoms with E-state index in [2.05, 4.69) is 0 Å². The first-order valence-electron chi connectivity index (χ1n) is 9.89. The number of hydrogen-bond donors (Lipinski definition) is 1. The van der Waals surface area contributed by atoms with Crippen LogP contribution in [0.5, 0.6) is 5.75 Å². The smallest absolute Gasteiger partial charge is 0.295 e. The van der Waals surface area contributed by atoms with Crippen molar-refractivity contribution in [3.63, 3.8) is 0 Å². The summed E-state index contributed by atoms with van der Waals surface area (Å²) >= 11 is 7.76. The van der Waals surface area contributed by atoms with Crippen molar-refractivity contribution in [2.24, 2.45) is 0 Å². The van der Waals surface area contributed by atoms with Gasteiger partial charge in [0.1, 0.15) is 17.3 Å². The van der Waals surface area contributed by atoms with Crippen molar-refractivity contribution in [2.75, 3.05) is 6.61 Å². The third kappa shape index (κ3) is 4.13. The van der Waals surface area contributed by atoms with Crippen molar-refractivity contribution in [3.05, 3.63) is 92.4 Å². The molecule has 4 rings (SSSR count). The highest BCUT2D eigenvalue weighted by molar-refractivity contribution is 7.09. The molecule has 1 atom stereocenters. The van der Waals surface area contributed by atoms with Gasteiger partial charge in [-0.3, -0.25) is 9.59 Å². The number of amides is 1. The van der Waals surface area contributed by atoms with Gasteiger partial charge in [0.2, 0.25) is 0 Å². The van der Waals surface area contributed by atoms with Crippen LogP contribution in [0.1, 0.15) is 29.0 Å². The minimum absolute atomic E-state index is 0.103. The van der Waals surface area contributed by atoms with Crippen molar-refractivity contribution in [1.82, 2.24) is 4.90 Å². The molecule has 2 aromatic carbocycles. The number of halogens is 2. The van der Waals surface area contributed by atoms with Crippen molar-refractivity contribution in [2.45, 2.75) is 19.5 Å². The highest BCUT2D eigenvalue weighted by Crippen LogP contribution is 2.42. The first-order valence-corrected chi connectivity index (χ1v) is 11.2. The summed E-state index contributed by atoms with van der Waals surface area (Å²) in [5, 5.41) is 13.3. The van der Waals surface area contributed by atoms with Gasteiger partial charge in [-0.25, -0.2) is 4.39 Å². The Hall–Kier alpha value is -3.16. The average Bonchev–Trinajstić information content (AvgIpc) is 3.38. The zero-order valence-corrected chi connectivity index (χ0v) is 18.6. The lowest BCUT2D eigenvalue weighted by Crippen LogP contribution is -2.28. The zero-order valence-electron chi connectivity index (χ0n) is 17.0. The molecular weight excluding hydrogens is 453 g/mol. The largest absolute Gasteiger partial charge is 0.507 e. The quantitative estimate of drug-likeness (QED) is 0.290. The number of hydrogen-bond acceptors (Lipinski definition) is 5. The number of thiophene rings is 1. The van der Waals surface area contributed by atoms with E-state index in [4.69, 9.17) is 16.3 Å². The molecule has 1 amide bonds. The standard InChI is InChI=1S/C24H19ClFNO4S/c1-2-31-16-9-10-19(25)18(12-16)22(28)20-21(14-5-7-15(26)8-6-14)27(24(30)23(20)29)13-17-4-3-11-32-17/h3-12,21,28H,2,13H2,1H3/b22-20+. The van der Waals surface area contributed by atoms with E-state index < -0.39 is 29.3 Å². The fourth-order valence-electron chi connectivity index (χ4n) is 3.69. The third-order valence-electron chi connectivity index (χ3n) is 5.14. The predicted molar refractivity (Wildman–Crippen MR) is 121 cm³/mol. The van der Waals surface area contributed by atoms with E-state index in [1.165, 1.54) is 46.6 Å². The Balaban J connectivity index is 1.88. The first-order chi connectivity index (χ1) is 15.4. The van der Waals surface area contributed by atoms with E-state index >= 15 is 0 Å². The number of likely N-dealkylation sites (tertiary alicyclic amines) is 1. The maximum Gasteiger partial charge on any atom is 0.295 e. The fraction of sp³-hybridized carbons (Fsp3) is 0.167. The molecule has 0 bridgehead atoms. The lowest BCUT2D eigenvalue weighted by Gasteiger charge is -2.25. The summed E-state index contributed by atoms with van der Waals surface area (Å²) in [7, 11) is 0. The highest BCUT2D eigenvalue weighted by Gasteiger charge is 2.46. The number of benzene rings is 2. The molecule has 32 heavy (non-hydrogen) atoms. The Kier molecular flexibility index (Phi) is 6.30. The maximum absolute atomic E-state index is 13.6. The average molecular weight is 472 g/mol. The molecule has 164 valence electrons. The summed E-state index contributed by atoms with van der Waals surface area (Å²) in [6.07, 6.45) is 0. The number of carbonyl (C=O) groups excluding carboxylic acids is 2. The Morgan fingerprint density at radius 2 is 1.94 bits per heavy atom. The number of rotatable bonds is 6. The van der Waals surface area contributed by atoms with Crippen molar-refractivity contribution >= 4 is 40.4 Å². The number of aliphatic hydroxyl groups excluding tert-OH is 1. The second-order valence-corrected chi connectivity index (χ2v) is 8.57. The molecule has 3 aromatic rings. The van der Waals surface area contributed by atoms with Gasteiger partial charge in [0.05, 0.1) is 29.8 Å². The summed E-state index contributed by atoms with van der Waals surface area (Å²) < 4.78 is 19.1. The van der Waals surface area contributed by atoms with Crippen LogP contribution < -0.4 is 4.74 Å². The molecule has 1 saturated heterocycles. The van der Waals surface area contributed by atoms with Gasteiger partial charge < -0.3 is 14.7 Å². The van der Waals surface area contributed by atoms with Crippen molar-refractivity contribution in [1.29, 1.82) is 0 Å². The fourth-order valence-corrected chi connectivity index (χ4v) is 4.60. The summed E-state index contributed by atoms with van der Waals surface area (Å²) in [5.41, 5.74) is 0.577. The van der Waals surface area contributed by atoms with Crippen LogP contribution in [-0.2, 0) is 16.1 Å². The van der Waals surface area contributed by atoms with Gasteiger partial charge in [-0.2, -0.15) is 0 Å². The van der Waals surface area contributed by atoms with E-state index in [1.807, 2.05) is 24.4 Å². The summed E-state index contributed by atoms with van der Waals surface area (Å²) in [6, 6.07) is 13.0. The van der Waals surface area contributed by atoms with Crippen molar-refractivity contribution < 1.29 is 23.8 Å². The Morgan fingerprint density at radius 3 is 2.59 bits per heavy atom. The van der Waals surface area contributed by atoms with Crippen molar-refractivity contribution in [3.8, 4) is 5.75 Å². The van der Waals surface area contributed by atoms with E-state index in [0.717, 1.165) is 4.88 Å². The van der Waals surface area contributed by atoms with Gasteiger partial charge in [0, 0.05) is 10.4 Å². The number of ketones is 1. The molecule has 0 aliphatic carbocycles. The second-order valence-electron chi connectivity index (χ2n) is 7.13. The Labute approximate surface area is 193 Å². The van der Waals surface area contributed by atoms with E-state index in [-0.39, 0.29) is 22.7 Å². The third-order valence-corrected chi connectivity index (χ3v) is 6.33. The minimum atomic E-state index is -0.899. The number of carbonyl (C=O) groups is 2. The van der Waals surface area contributed by atoms with E-state index in [0.29, 0.717) is 17.9 Å². The van der Waals surface area contributed by atoms with E-state index in [1.54, 1.807) is 12.1 Å². The molecule has 1 fully saturated rings. The minimum Gasteiger partial charge on any atom is -0.507 e. The van der Waals surface area contributed by atoms with Crippen LogP contribution in [0.15, 0.2) is 65.6 Å². The molecule has 0 spiro atoms. The van der Waals surface area contributed by atoms with Crippen LogP contribution in [0.2, 0.25) is 5.02 Å². The summed E-state index contributed by atoms with van der Waals surface area (Å²) in [6.45, 7) is 2.40. The molecule has 0 radical (unpaired) electrons. The molecular formula is C24H19ClFNO4S. The van der Waals surface area contributed by atoms with Gasteiger partial charge in [-0.05, 0) is 54.3 Å². The van der Waals surface area contributed by atoms with Crippen LogP contribution in [0.3, 0.4) is 0 Å². The van der Waals surface area contributed by atoms with Gasteiger partial charge in [0.25, 0.3) is 11.7 Å². The summed E-state index contributed by atoms with van der Waals surface area (Å²) in [4.78, 5) is 28.3. The Bertz CT molecular complexity index is 1190. The number of ether oxygens (including phenoxy) is 1. The maximum atomic E-state index is 13.6. The van der Waals surface area contributed by atoms with Gasteiger partial charge in [-0.1, -0.05) is 29.8 Å². The Morgan fingerprint density at radius 1 is 1.19 bits per heavy atom. The molecule has 1 aliphatic heterocycles. The number of nitrogens with zero attached hydrogens (tertiary/aromatic N) is 1. The predicted octanol–water partition coefficient (Wildman–Crippen LogP) is 5.56. The van der Waals surface area contributed by atoms with Gasteiger partial charge in [0.15, 0.2) is 0 Å². The second kappa shape index (κ2) is 9.14. The van der Waals surface area contributed by atoms with Crippen LogP contribution in [-0.4, -0.2) is 28.3 Å². The molecule has 1 N–H and O–H groups in total. The normalized spacial score (nSPS) is 17.7. The molecule has 8 heteroatoms. The monoisotopic (exact) mass is 471 g/mol. The number of aliphatic hydroxyl groups is 1. The van der Waals surface area contributed by atoms with Crippen LogP contribution in [0, 0.1) is 5.82 Å². The SMILES string of the molecule is CCOc1ccc(Cl)c(/C(O)=C2\C(=O)C(=O)N(Cc3cccs3)C2c2ccc(F)cc2)c1. The zero-order chi connectivity index (χ0) is 22.8. The number of Topliss-reactive ketones (excluding diaryl/α,β-unsaturated/α-hetero) is 1. The molecule has 1 aliphatic rings. The molecule has 2 heterocycles. The molecule has 1 unspecified atom stereocenters. The van der Waals surface area contributed by atoms with Gasteiger partial charge in [-0.15, -0.1) is 11.3 Å². The van der Waals surface area contributed by atoms with Crippen LogP contribution in [0.25, 0.3) is 5.76 Å². The summed E-state index contributed by atoms with van der Waals surface area (Å²) in [5.74, 6) is -1.96. The lowest BCUT2D eigenvalue weighted by molar-refractivity contribution is -0.140. The molecule has 5 nitrogen and oxygen atoms in total. The first kappa shape index (κ1) is 22.0. The lowest BCUT2D eigenvalue weighted by atomic mass is 9.95. The van der Waals surface area contributed by atoms with Gasteiger partial charge >= 0.3 is 0 Å².